The van der Waals surface area contributed by atoms with Crippen LogP contribution in [0.3, 0.4) is 0 Å². The van der Waals surface area contributed by atoms with E-state index >= 15 is 0 Å². The van der Waals surface area contributed by atoms with Crippen LogP contribution in [0.2, 0.25) is 0 Å². The van der Waals surface area contributed by atoms with Gasteiger partial charge in [0.15, 0.2) is 6.29 Å². The van der Waals surface area contributed by atoms with Gasteiger partial charge in [-0.25, -0.2) is 0 Å². The van der Waals surface area contributed by atoms with Gasteiger partial charge in [-0.2, -0.15) is 0 Å². The molecule has 0 aliphatic carbocycles. The third-order valence-corrected chi connectivity index (χ3v) is 8.62. The molecule has 0 bridgehead atoms. The minimum Gasteiger partial charge on any atom is -0.374 e. The molecule has 256 valence electrons. The Labute approximate surface area is 287 Å². The summed E-state index contributed by atoms with van der Waals surface area (Å²) in [5, 5.41) is 0. The van der Waals surface area contributed by atoms with E-state index in [9.17, 15) is 0 Å². The Bertz CT molecular complexity index is 1370. The Morgan fingerprint density at radius 3 is 1.42 bits per heavy atom. The Hall–Kier alpha value is -3.36. The van der Waals surface area contributed by atoms with Gasteiger partial charge in [-0.1, -0.05) is 160 Å². The van der Waals surface area contributed by atoms with Crippen molar-refractivity contribution in [1.29, 1.82) is 0 Å². The van der Waals surface area contributed by atoms with E-state index in [1.54, 1.807) is 0 Å². The van der Waals surface area contributed by atoms with Crippen LogP contribution < -0.4 is 0 Å². The van der Waals surface area contributed by atoms with Crippen LogP contribution in [0.1, 0.15) is 67.7 Å². The molecule has 48 heavy (non-hydrogen) atoms. The van der Waals surface area contributed by atoms with Crippen molar-refractivity contribution in [3.8, 4) is 0 Å². The van der Waals surface area contributed by atoms with Gasteiger partial charge < -0.3 is 28.4 Å². The van der Waals surface area contributed by atoms with Crippen LogP contribution in [0, 0.1) is 0 Å². The largest absolute Gasteiger partial charge is 0.374 e. The number of hydrogen-bond donors (Lipinski definition) is 0. The van der Waals surface area contributed by atoms with Gasteiger partial charge in [-0.3, -0.25) is 0 Å². The van der Waals surface area contributed by atoms with Crippen molar-refractivity contribution < 1.29 is 28.4 Å². The van der Waals surface area contributed by atoms with Crippen LogP contribution in [0.4, 0.5) is 0 Å². The summed E-state index contributed by atoms with van der Waals surface area (Å²) in [5.41, 5.74) is 4.33. The Kier molecular flexibility index (Phi) is 15.6. The molecule has 0 N–H and O–H groups in total. The van der Waals surface area contributed by atoms with E-state index in [0.29, 0.717) is 39.6 Å². The highest BCUT2D eigenvalue weighted by Gasteiger charge is 2.49. The first-order valence-electron chi connectivity index (χ1n) is 17.7. The SMILES string of the molecule is CCCCCCCCO[C@H]1O[C@H](COCc2ccccc2)[C@H](OCc2ccccc2)[C@H](OCc2ccccc2)[C@H]1OCc1ccccc1. The topological polar surface area (TPSA) is 55.4 Å². The smallest absolute Gasteiger partial charge is 0.186 e. The maximum atomic E-state index is 6.80. The van der Waals surface area contributed by atoms with Gasteiger partial charge in [0.1, 0.15) is 24.4 Å². The second-order valence-corrected chi connectivity index (χ2v) is 12.5. The molecule has 0 saturated carbocycles. The second-order valence-electron chi connectivity index (χ2n) is 12.5. The molecule has 1 fully saturated rings. The molecular weight excluding hydrogens is 600 g/mol. The van der Waals surface area contributed by atoms with Crippen molar-refractivity contribution in [1.82, 2.24) is 0 Å². The molecule has 0 unspecified atom stereocenters. The zero-order valence-corrected chi connectivity index (χ0v) is 28.4. The van der Waals surface area contributed by atoms with Gasteiger partial charge in [0, 0.05) is 6.61 Å². The predicted molar refractivity (Wildman–Crippen MR) is 189 cm³/mol. The van der Waals surface area contributed by atoms with Gasteiger partial charge in [-0.15, -0.1) is 0 Å². The summed E-state index contributed by atoms with van der Waals surface area (Å²) < 4.78 is 39.8. The maximum absolute atomic E-state index is 6.80. The number of ether oxygens (including phenoxy) is 6. The van der Waals surface area contributed by atoms with Gasteiger partial charge in [0.25, 0.3) is 0 Å². The van der Waals surface area contributed by atoms with E-state index in [2.05, 4.69) is 55.5 Å². The van der Waals surface area contributed by atoms with Crippen molar-refractivity contribution in [2.75, 3.05) is 13.2 Å². The zero-order valence-electron chi connectivity index (χ0n) is 28.4. The third-order valence-electron chi connectivity index (χ3n) is 8.62. The summed E-state index contributed by atoms with van der Waals surface area (Å²) in [7, 11) is 0. The zero-order chi connectivity index (χ0) is 33.1. The summed E-state index contributed by atoms with van der Waals surface area (Å²) >= 11 is 0. The highest BCUT2D eigenvalue weighted by atomic mass is 16.7. The number of rotatable bonds is 21. The van der Waals surface area contributed by atoms with Crippen molar-refractivity contribution in [2.45, 2.75) is 103 Å². The van der Waals surface area contributed by atoms with Crippen LogP contribution in [0.25, 0.3) is 0 Å². The molecule has 1 saturated heterocycles. The molecule has 1 aliphatic rings. The lowest BCUT2D eigenvalue weighted by Crippen LogP contribution is -2.61. The lowest BCUT2D eigenvalue weighted by Gasteiger charge is -2.46. The molecule has 0 amide bonds. The van der Waals surface area contributed by atoms with E-state index in [1.165, 1.54) is 25.7 Å². The van der Waals surface area contributed by atoms with Gasteiger partial charge >= 0.3 is 0 Å². The minimum absolute atomic E-state index is 0.321. The molecule has 6 nitrogen and oxygen atoms in total. The lowest BCUT2D eigenvalue weighted by molar-refractivity contribution is -0.328. The average molecular weight is 653 g/mol. The van der Waals surface area contributed by atoms with Gasteiger partial charge in [0.05, 0.1) is 33.0 Å². The number of unbranched alkanes of at least 4 members (excludes halogenated alkanes) is 5. The molecule has 4 aromatic carbocycles. The van der Waals surface area contributed by atoms with E-state index in [0.717, 1.165) is 35.1 Å². The molecule has 0 spiro atoms. The summed E-state index contributed by atoms with van der Waals surface area (Å²) in [5.74, 6) is 0. The highest BCUT2D eigenvalue weighted by molar-refractivity contribution is 5.16. The number of benzene rings is 4. The minimum atomic E-state index is -0.646. The normalized spacial score (nSPS) is 20.9. The van der Waals surface area contributed by atoms with Crippen molar-refractivity contribution in [3.63, 3.8) is 0 Å². The predicted octanol–water partition coefficient (Wildman–Crippen LogP) is 9.06. The molecule has 1 aliphatic heterocycles. The molecule has 5 atom stereocenters. The van der Waals surface area contributed by atoms with Gasteiger partial charge in [-0.05, 0) is 28.7 Å². The van der Waals surface area contributed by atoms with E-state index in [1.807, 2.05) is 72.8 Å². The van der Waals surface area contributed by atoms with Crippen LogP contribution in [-0.4, -0.2) is 43.9 Å². The summed E-state index contributed by atoms with van der Waals surface area (Å²) in [6.07, 6.45) is 4.51. The van der Waals surface area contributed by atoms with Gasteiger partial charge in [0.2, 0.25) is 0 Å². The van der Waals surface area contributed by atoms with Crippen molar-refractivity contribution in [2.24, 2.45) is 0 Å². The highest BCUT2D eigenvalue weighted by Crippen LogP contribution is 2.32. The van der Waals surface area contributed by atoms with Crippen LogP contribution in [0.5, 0.6) is 0 Å². The molecule has 0 aromatic heterocycles. The van der Waals surface area contributed by atoms with Crippen LogP contribution in [0.15, 0.2) is 121 Å². The third kappa shape index (κ3) is 12.0. The monoisotopic (exact) mass is 652 g/mol. The fourth-order valence-corrected chi connectivity index (χ4v) is 5.96. The first-order valence-corrected chi connectivity index (χ1v) is 17.7. The first-order chi connectivity index (χ1) is 23.8. The molecule has 4 aromatic rings. The molecule has 6 heteroatoms. The van der Waals surface area contributed by atoms with Crippen LogP contribution in [-0.2, 0) is 54.8 Å². The van der Waals surface area contributed by atoms with E-state index in [4.69, 9.17) is 28.4 Å². The first kappa shape index (κ1) is 35.9. The molecule has 0 radical (unpaired) electrons. The summed E-state index contributed by atoms with van der Waals surface area (Å²) in [4.78, 5) is 0. The molecule has 5 rings (SSSR count). The van der Waals surface area contributed by atoms with E-state index in [-0.39, 0.29) is 0 Å². The Balaban J connectivity index is 1.38. The molecule has 1 heterocycles. The maximum Gasteiger partial charge on any atom is 0.186 e. The fourth-order valence-electron chi connectivity index (χ4n) is 5.96. The second kappa shape index (κ2) is 20.9. The standard InChI is InChI=1S/C42H52O6/c1-2-3-4-5-6-19-28-44-42-41(47-32-37-26-17-10-18-27-37)40(46-31-36-24-15-9-16-25-36)39(45-30-35-22-13-8-14-23-35)38(48-42)33-43-29-34-20-11-7-12-21-34/h7-18,20-27,38-42H,2-6,19,28-33H2,1H3/t38-,39+,40+,41-,42+/m1/s1. The Morgan fingerprint density at radius 2 is 0.896 bits per heavy atom. The summed E-state index contributed by atoms with van der Waals surface area (Å²) in [6, 6.07) is 40.8. The Morgan fingerprint density at radius 1 is 0.458 bits per heavy atom. The fraction of sp³-hybridized carbons (Fsp3) is 0.429. The quantitative estimate of drug-likeness (QED) is 0.0838. The van der Waals surface area contributed by atoms with Crippen molar-refractivity contribution >= 4 is 0 Å². The van der Waals surface area contributed by atoms with E-state index < -0.39 is 30.7 Å². The van der Waals surface area contributed by atoms with Crippen LogP contribution >= 0.6 is 0 Å². The number of hydrogen-bond acceptors (Lipinski definition) is 6. The summed E-state index contributed by atoms with van der Waals surface area (Å²) in [6.45, 7) is 4.83. The van der Waals surface area contributed by atoms with Crippen molar-refractivity contribution in [3.05, 3.63) is 144 Å². The lowest BCUT2D eigenvalue weighted by atomic mass is 9.97. The average Bonchev–Trinajstić information content (AvgIpc) is 3.14. The molecular formula is C42H52O6.